The molecule has 2 bridgehead atoms. The first-order chi connectivity index (χ1) is 14.2. The van der Waals surface area contributed by atoms with Gasteiger partial charge in [-0.25, -0.2) is 0 Å². The fraction of sp³-hybridized carbons (Fsp3) is 0.375. The number of hydrogen-bond donors (Lipinski definition) is 2. The highest BCUT2D eigenvalue weighted by atomic mass is 16.5. The Kier molecular flexibility index (Phi) is 4.76. The summed E-state index contributed by atoms with van der Waals surface area (Å²) in [7, 11) is 1.69. The predicted octanol–water partition coefficient (Wildman–Crippen LogP) is 3.69. The molecule has 1 saturated heterocycles. The zero-order valence-corrected chi connectivity index (χ0v) is 16.7. The summed E-state index contributed by atoms with van der Waals surface area (Å²) in [6, 6.07) is 15.2. The van der Waals surface area contributed by atoms with Crippen LogP contribution in [0.25, 0.3) is 5.57 Å². The molecule has 2 aromatic rings. The minimum Gasteiger partial charge on any atom is -0.497 e. The minimum atomic E-state index is -0.0143. The molecule has 1 fully saturated rings. The van der Waals surface area contributed by atoms with E-state index in [2.05, 4.69) is 22.8 Å². The number of hydrogen-bond acceptors (Lipinski definition) is 4. The van der Waals surface area contributed by atoms with Crippen molar-refractivity contribution in [3.05, 3.63) is 64.7 Å². The van der Waals surface area contributed by atoms with Gasteiger partial charge in [-0.3, -0.25) is 4.79 Å². The number of ether oxygens (including phenoxy) is 2. The maximum absolute atomic E-state index is 12.0. The third kappa shape index (κ3) is 3.62. The molecule has 2 aromatic carbocycles. The number of fused-ring (bicyclic) bond motifs is 3. The number of carbonyl (C=O) groups excluding carboxylic acids is 1. The molecule has 5 nitrogen and oxygen atoms in total. The lowest BCUT2D eigenvalue weighted by Gasteiger charge is -2.19. The lowest BCUT2D eigenvalue weighted by Crippen LogP contribution is -2.27. The molecule has 150 valence electrons. The second kappa shape index (κ2) is 7.56. The van der Waals surface area contributed by atoms with Gasteiger partial charge >= 0.3 is 0 Å². The van der Waals surface area contributed by atoms with Crippen molar-refractivity contribution in [2.24, 2.45) is 0 Å². The van der Waals surface area contributed by atoms with E-state index >= 15 is 0 Å². The highest BCUT2D eigenvalue weighted by molar-refractivity contribution is 5.98. The van der Waals surface area contributed by atoms with E-state index in [9.17, 15) is 4.79 Å². The van der Waals surface area contributed by atoms with Crippen LogP contribution in [0.2, 0.25) is 0 Å². The van der Waals surface area contributed by atoms with Gasteiger partial charge in [0.1, 0.15) is 18.1 Å². The van der Waals surface area contributed by atoms with Gasteiger partial charge in [0, 0.05) is 24.2 Å². The summed E-state index contributed by atoms with van der Waals surface area (Å²) in [5.41, 5.74) is 5.74. The molecule has 29 heavy (non-hydrogen) atoms. The summed E-state index contributed by atoms with van der Waals surface area (Å²) >= 11 is 0. The Morgan fingerprint density at radius 3 is 2.55 bits per heavy atom. The Labute approximate surface area is 171 Å². The Balaban J connectivity index is 1.42. The molecule has 1 amide bonds. The quantitative estimate of drug-likeness (QED) is 0.818. The fourth-order valence-corrected chi connectivity index (χ4v) is 4.75. The molecule has 0 unspecified atom stereocenters. The molecule has 2 N–H and O–H groups in total. The van der Waals surface area contributed by atoms with Gasteiger partial charge in [-0.05, 0) is 72.2 Å². The molecule has 2 atom stereocenters. The van der Waals surface area contributed by atoms with Crippen molar-refractivity contribution in [2.75, 3.05) is 13.7 Å². The number of carbonyl (C=O) groups is 1. The molecule has 3 aliphatic rings. The molecule has 0 aromatic heterocycles. The molecule has 0 aliphatic carbocycles. The van der Waals surface area contributed by atoms with E-state index in [4.69, 9.17) is 9.47 Å². The van der Waals surface area contributed by atoms with Crippen LogP contribution in [0.3, 0.4) is 0 Å². The number of amides is 1. The van der Waals surface area contributed by atoms with Crippen molar-refractivity contribution in [3.63, 3.8) is 0 Å². The average Bonchev–Trinajstić information content (AvgIpc) is 3.29. The van der Waals surface area contributed by atoms with E-state index in [1.165, 1.54) is 29.6 Å². The maximum Gasteiger partial charge on any atom is 0.252 e. The van der Waals surface area contributed by atoms with Crippen LogP contribution in [0.5, 0.6) is 11.5 Å². The van der Waals surface area contributed by atoms with Crippen molar-refractivity contribution >= 4 is 11.5 Å². The highest BCUT2D eigenvalue weighted by Gasteiger charge is 2.30. The monoisotopic (exact) mass is 390 g/mol. The molecule has 0 spiro atoms. The predicted molar refractivity (Wildman–Crippen MR) is 112 cm³/mol. The minimum absolute atomic E-state index is 0.0143. The van der Waals surface area contributed by atoms with Gasteiger partial charge in [0.25, 0.3) is 5.91 Å². The Morgan fingerprint density at radius 1 is 1.00 bits per heavy atom. The lowest BCUT2D eigenvalue weighted by molar-refractivity contribution is 0.0965. The first-order valence-corrected chi connectivity index (χ1v) is 10.3. The summed E-state index contributed by atoms with van der Waals surface area (Å²) < 4.78 is 11.5. The number of methoxy groups -OCH3 is 1. The fourth-order valence-electron chi connectivity index (χ4n) is 4.75. The molecule has 5 heteroatoms. The molecule has 3 heterocycles. The topological polar surface area (TPSA) is 59.6 Å². The van der Waals surface area contributed by atoms with Crippen LogP contribution in [0.4, 0.5) is 0 Å². The van der Waals surface area contributed by atoms with Gasteiger partial charge in [-0.15, -0.1) is 0 Å². The van der Waals surface area contributed by atoms with Crippen molar-refractivity contribution in [3.8, 4) is 11.5 Å². The van der Waals surface area contributed by atoms with E-state index in [0.29, 0.717) is 25.2 Å². The number of rotatable bonds is 5. The average molecular weight is 390 g/mol. The van der Waals surface area contributed by atoms with Crippen LogP contribution in [0.15, 0.2) is 48.0 Å². The van der Waals surface area contributed by atoms with Crippen LogP contribution in [-0.4, -0.2) is 31.7 Å². The third-order valence-electron chi connectivity index (χ3n) is 6.32. The summed E-state index contributed by atoms with van der Waals surface area (Å²) in [6.45, 7) is 1.16. The zero-order chi connectivity index (χ0) is 19.8. The van der Waals surface area contributed by atoms with Crippen molar-refractivity contribution in [2.45, 2.75) is 44.3 Å². The van der Waals surface area contributed by atoms with Crippen LogP contribution < -0.4 is 20.1 Å². The molecule has 0 saturated carbocycles. The molecule has 5 rings (SSSR count). The van der Waals surface area contributed by atoms with Gasteiger partial charge in [0.2, 0.25) is 0 Å². The second-order valence-corrected chi connectivity index (χ2v) is 8.15. The van der Waals surface area contributed by atoms with Crippen molar-refractivity contribution in [1.29, 1.82) is 0 Å². The summed E-state index contributed by atoms with van der Waals surface area (Å²) in [5, 5.41) is 6.63. The van der Waals surface area contributed by atoms with Crippen LogP contribution in [0.1, 0.15) is 47.2 Å². The summed E-state index contributed by atoms with van der Waals surface area (Å²) in [4.78, 5) is 12.0. The SMILES string of the molecule is COc1ccc(C2=C(COc3ccc4c(c3)C(=O)NC4)C[C@@H]3CC[C@H](C2)N3)cc1. The van der Waals surface area contributed by atoms with Crippen LogP contribution in [0, 0.1) is 0 Å². The van der Waals surface area contributed by atoms with E-state index in [0.717, 1.165) is 35.5 Å². The number of nitrogens with one attached hydrogen (secondary N) is 2. The van der Waals surface area contributed by atoms with E-state index in [1.807, 2.05) is 30.3 Å². The first kappa shape index (κ1) is 18.3. The van der Waals surface area contributed by atoms with E-state index in [-0.39, 0.29) is 5.91 Å². The summed E-state index contributed by atoms with van der Waals surface area (Å²) in [5.74, 6) is 1.61. The van der Waals surface area contributed by atoms with Gasteiger partial charge in [0.15, 0.2) is 0 Å². The van der Waals surface area contributed by atoms with Gasteiger partial charge in [-0.1, -0.05) is 18.2 Å². The maximum atomic E-state index is 12.0. The molecular formula is C24H26N2O3. The largest absolute Gasteiger partial charge is 0.497 e. The Hall–Kier alpha value is -2.79. The Bertz CT molecular complexity index is 965. The third-order valence-corrected chi connectivity index (χ3v) is 6.32. The molecule has 3 aliphatic heterocycles. The lowest BCUT2D eigenvalue weighted by atomic mass is 9.89. The number of benzene rings is 2. The second-order valence-electron chi connectivity index (χ2n) is 8.15. The summed E-state index contributed by atoms with van der Waals surface area (Å²) in [6.07, 6.45) is 4.48. The zero-order valence-electron chi connectivity index (χ0n) is 16.7. The van der Waals surface area contributed by atoms with Gasteiger partial charge < -0.3 is 20.1 Å². The first-order valence-electron chi connectivity index (χ1n) is 10.3. The molecular weight excluding hydrogens is 364 g/mol. The smallest absolute Gasteiger partial charge is 0.252 e. The normalized spacial score (nSPS) is 22.9. The van der Waals surface area contributed by atoms with Crippen molar-refractivity contribution in [1.82, 2.24) is 10.6 Å². The van der Waals surface area contributed by atoms with Crippen LogP contribution in [-0.2, 0) is 6.54 Å². The van der Waals surface area contributed by atoms with Gasteiger partial charge in [0.05, 0.1) is 7.11 Å². The van der Waals surface area contributed by atoms with Gasteiger partial charge in [-0.2, -0.15) is 0 Å². The van der Waals surface area contributed by atoms with Crippen molar-refractivity contribution < 1.29 is 14.3 Å². The molecule has 0 radical (unpaired) electrons. The van der Waals surface area contributed by atoms with Crippen LogP contribution >= 0.6 is 0 Å². The highest BCUT2D eigenvalue weighted by Crippen LogP contribution is 2.36. The Morgan fingerprint density at radius 2 is 1.76 bits per heavy atom. The van der Waals surface area contributed by atoms with E-state index in [1.54, 1.807) is 7.11 Å². The van der Waals surface area contributed by atoms with E-state index < -0.39 is 0 Å². The standard InChI is InChI=1S/C24H26N2O3/c1-28-20-7-2-15(3-8-20)22-11-19-6-5-18(26-19)10-17(22)14-29-21-9-4-16-13-25-24(27)23(16)12-21/h2-4,7-9,12,18-19,26H,5-6,10-11,13-14H2,1H3,(H,25,27)/t18-,19+/m0/s1.